The SMILES string of the molecule is Cn1cnnc1C1CCN(C(=O)[C@@H]2C[C@@H]2c2cccc(Cl)c2)CC1. The molecular weight excluding hydrogens is 324 g/mol. The minimum atomic E-state index is 0.134. The zero-order valence-electron chi connectivity index (χ0n) is 13.7. The molecule has 2 aromatic rings. The number of hydrogen-bond acceptors (Lipinski definition) is 3. The molecule has 1 amide bonds. The standard InChI is InChI=1S/C18H21ClN4O/c1-22-11-20-21-17(22)12-5-7-23(8-6-12)18(24)16-10-15(16)13-3-2-4-14(19)9-13/h2-4,9,11-12,15-16H,5-8,10H2,1H3/t15-,16-/m1/s1. The molecule has 1 aromatic carbocycles. The van der Waals surface area contributed by atoms with E-state index in [4.69, 9.17) is 11.6 Å². The molecule has 2 fully saturated rings. The molecular formula is C18H21ClN4O. The van der Waals surface area contributed by atoms with Crippen LogP contribution in [0.1, 0.15) is 42.5 Å². The Balaban J connectivity index is 1.35. The number of piperidine rings is 1. The molecule has 0 unspecified atom stereocenters. The van der Waals surface area contributed by atoms with Gasteiger partial charge in [0, 0.05) is 37.0 Å². The van der Waals surface area contributed by atoms with Crippen LogP contribution in [0.25, 0.3) is 0 Å². The number of rotatable bonds is 3. The molecule has 0 N–H and O–H groups in total. The molecule has 0 bridgehead atoms. The average Bonchev–Trinajstić information content (AvgIpc) is 3.29. The normalized spacial score (nSPS) is 24.2. The van der Waals surface area contributed by atoms with E-state index in [2.05, 4.69) is 16.3 Å². The summed E-state index contributed by atoms with van der Waals surface area (Å²) in [7, 11) is 1.98. The number of benzene rings is 1. The summed E-state index contributed by atoms with van der Waals surface area (Å²) in [4.78, 5) is 14.8. The zero-order chi connectivity index (χ0) is 16.7. The Morgan fingerprint density at radius 1 is 1.29 bits per heavy atom. The van der Waals surface area contributed by atoms with Crippen LogP contribution in [-0.2, 0) is 11.8 Å². The molecule has 0 radical (unpaired) electrons. The molecule has 1 aliphatic heterocycles. The van der Waals surface area contributed by atoms with Crippen LogP contribution < -0.4 is 0 Å². The summed E-state index contributed by atoms with van der Waals surface area (Å²) in [5.41, 5.74) is 1.19. The number of nitrogens with zero attached hydrogens (tertiary/aromatic N) is 4. The van der Waals surface area contributed by atoms with E-state index in [9.17, 15) is 4.79 Å². The van der Waals surface area contributed by atoms with Crippen molar-refractivity contribution in [1.29, 1.82) is 0 Å². The number of aromatic nitrogens is 3. The van der Waals surface area contributed by atoms with Crippen LogP contribution in [0.4, 0.5) is 0 Å². The van der Waals surface area contributed by atoms with Crippen LogP contribution in [-0.4, -0.2) is 38.7 Å². The molecule has 5 nitrogen and oxygen atoms in total. The van der Waals surface area contributed by atoms with Gasteiger partial charge in [0.25, 0.3) is 0 Å². The number of amides is 1. The highest BCUT2D eigenvalue weighted by Gasteiger charge is 2.46. The van der Waals surface area contributed by atoms with Crippen molar-refractivity contribution in [3.63, 3.8) is 0 Å². The predicted octanol–water partition coefficient (Wildman–Crippen LogP) is 2.98. The molecule has 6 heteroatoms. The monoisotopic (exact) mass is 344 g/mol. The largest absolute Gasteiger partial charge is 0.342 e. The van der Waals surface area contributed by atoms with Gasteiger partial charge in [-0.15, -0.1) is 10.2 Å². The van der Waals surface area contributed by atoms with Gasteiger partial charge >= 0.3 is 0 Å². The maximum absolute atomic E-state index is 12.7. The molecule has 0 spiro atoms. The highest BCUT2D eigenvalue weighted by molar-refractivity contribution is 6.30. The second-order valence-corrected chi connectivity index (χ2v) is 7.34. The van der Waals surface area contributed by atoms with E-state index < -0.39 is 0 Å². The van der Waals surface area contributed by atoms with Gasteiger partial charge < -0.3 is 9.47 Å². The van der Waals surface area contributed by atoms with Crippen LogP contribution in [0.5, 0.6) is 0 Å². The van der Waals surface area contributed by atoms with E-state index in [0.29, 0.717) is 17.7 Å². The lowest BCUT2D eigenvalue weighted by molar-refractivity contribution is -0.133. The van der Waals surface area contributed by atoms with Gasteiger partial charge in [0.1, 0.15) is 12.2 Å². The van der Waals surface area contributed by atoms with Gasteiger partial charge in [0.2, 0.25) is 5.91 Å². The lowest BCUT2D eigenvalue weighted by atomic mass is 9.95. The van der Waals surface area contributed by atoms with E-state index in [0.717, 1.165) is 43.2 Å². The van der Waals surface area contributed by atoms with Crippen LogP contribution in [0, 0.1) is 5.92 Å². The molecule has 1 saturated carbocycles. The van der Waals surface area contributed by atoms with Gasteiger partial charge in [-0.3, -0.25) is 4.79 Å². The Kier molecular flexibility index (Phi) is 4.04. The first-order chi connectivity index (χ1) is 11.6. The third-order valence-corrected chi connectivity index (χ3v) is 5.54. The van der Waals surface area contributed by atoms with Crippen LogP contribution in [0.15, 0.2) is 30.6 Å². The quantitative estimate of drug-likeness (QED) is 0.860. The number of halogens is 1. The molecule has 24 heavy (non-hydrogen) atoms. The maximum atomic E-state index is 12.7. The van der Waals surface area contributed by atoms with E-state index in [-0.39, 0.29) is 5.92 Å². The maximum Gasteiger partial charge on any atom is 0.226 e. The first-order valence-electron chi connectivity index (χ1n) is 8.51. The Hall–Kier alpha value is -1.88. The minimum Gasteiger partial charge on any atom is -0.342 e. The van der Waals surface area contributed by atoms with Gasteiger partial charge in [-0.05, 0) is 42.9 Å². The molecule has 126 valence electrons. The first-order valence-corrected chi connectivity index (χ1v) is 8.89. The molecule has 4 rings (SSSR count). The van der Waals surface area contributed by atoms with Gasteiger partial charge in [0.15, 0.2) is 0 Å². The fourth-order valence-electron chi connectivity index (χ4n) is 3.83. The topological polar surface area (TPSA) is 51.0 Å². The summed E-state index contributed by atoms with van der Waals surface area (Å²) in [6.07, 6.45) is 4.62. The number of hydrogen-bond donors (Lipinski definition) is 0. The number of aryl methyl sites for hydroxylation is 1. The first kappa shape index (κ1) is 15.6. The lowest BCUT2D eigenvalue weighted by Crippen LogP contribution is -2.39. The Bertz CT molecular complexity index is 751. The summed E-state index contributed by atoms with van der Waals surface area (Å²) in [5, 5.41) is 8.92. The Labute approximate surface area is 146 Å². The highest BCUT2D eigenvalue weighted by atomic mass is 35.5. The summed E-state index contributed by atoms with van der Waals surface area (Å²) >= 11 is 6.06. The van der Waals surface area contributed by atoms with Crippen LogP contribution in [0.3, 0.4) is 0 Å². The second-order valence-electron chi connectivity index (χ2n) is 6.90. The fraction of sp³-hybridized carbons (Fsp3) is 0.500. The highest BCUT2D eigenvalue weighted by Crippen LogP contribution is 2.49. The fourth-order valence-corrected chi connectivity index (χ4v) is 4.03. The molecule has 2 heterocycles. The minimum absolute atomic E-state index is 0.134. The smallest absolute Gasteiger partial charge is 0.226 e. The van der Waals surface area contributed by atoms with Gasteiger partial charge in [-0.2, -0.15) is 0 Å². The van der Waals surface area contributed by atoms with Gasteiger partial charge in [0.05, 0.1) is 0 Å². The Morgan fingerprint density at radius 2 is 2.08 bits per heavy atom. The second kappa shape index (κ2) is 6.20. The summed E-state index contributed by atoms with van der Waals surface area (Å²) in [5.74, 6) is 2.22. The van der Waals surface area contributed by atoms with E-state index in [1.807, 2.05) is 34.7 Å². The number of carbonyl (C=O) groups excluding carboxylic acids is 1. The molecule has 2 aliphatic rings. The molecule has 1 saturated heterocycles. The van der Waals surface area contributed by atoms with Crippen molar-refractivity contribution in [2.75, 3.05) is 13.1 Å². The van der Waals surface area contributed by atoms with Crippen molar-refractivity contribution < 1.29 is 4.79 Å². The van der Waals surface area contributed by atoms with Crippen molar-refractivity contribution in [1.82, 2.24) is 19.7 Å². The van der Waals surface area contributed by atoms with E-state index >= 15 is 0 Å². The summed E-state index contributed by atoms with van der Waals surface area (Å²) in [6, 6.07) is 7.90. The molecule has 1 aliphatic carbocycles. The average molecular weight is 345 g/mol. The van der Waals surface area contributed by atoms with Crippen molar-refractivity contribution in [3.05, 3.63) is 47.0 Å². The zero-order valence-corrected chi connectivity index (χ0v) is 14.5. The molecule has 1 aromatic heterocycles. The predicted molar refractivity (Wildman–Crippen MR) is 91.9 cm³/mol. The van der Waals surface area contributed by atoms with Gasteiger partial charge in [-0.1, -0.05) is 23.7 Å². The van der Waals surface area contributed by atoms with Crippen molar-refractivity contribution in [3.8, 4) is 0 Å². The van der Waals surface area contributed by atoms with Crippen molar-refractivity contribution in [2.45, 2.75) is 31.1 Å². The lowest BCUT2D eigenvalue weighted by Gasteiger charge is -2.31. The third kappa shape index (κ3) is 2.93. The van der Waals surface area contributed by atoms with E-state index in [1.165, 1.54) is 5.56 Å². The Morgan fingerprint density at radius 3 is 2.75 bits per heavy atom. The summed E-state index contributed by atoms with van der Waals surface area (Å²) in [6.45, 7) is 1.63. The van der Waals surface area contributed by atoms with Crippen LogP contribution >= 0.6 is 11.6 Å². The van der Waals surface area contributed by atoms with Gasteiger partial charge in [-0.25, -0.2) is 0 Å². The van der Waals surface area contributed by atoms with Crippen LogP contribution in [0.2, 0.25) is 5.02 Å². The van der Waals surface area contributed by atoms with Crippen molar-refractivity contribution >= 4 is 17.5 Å². The van der Waals surface area contributed by atoms with E-state index in [1.54, 1.807) is 6.33 Å². The number of carbonyl (C=O) groups is 1. The van der Waals surface area contributed by atoms with Crippen molar-refractivity contribution in [2.24, 2.45) is 13.0 Å². The molecule has 2 atom stereocenters. The number of likely N-dealkylation sites (tertiary alicyclic amines) is 1. The summed E-state index contributed by atoms with van der Waals surface area (Å²) < 4.78 is 1.98. The third-order valence-electron chi connectivity index (χ3n) is 5.30.